The first-order valence-corrected chi connectivity index (χ1v) is 6.79. The van der Waals surface area contributed by atoms with Gasteiger partial charge in [0.1, 0.15) is 0 Å². The Balaban J connectivity index is 3.34. The molecule has 0 saturated carbocycles. The molecule has 0 aromatic heterocycles. The zero-order chi connectivity index (χ0) is 12.4. The Morgan fingerprint density at radius 2 is 1.69 bits per heavy atom. The molecule has 2 nitrogen and oxygen atoms in total. The third-order valence-electron chi connectivity index (χ3n) is 3.13. The molecule has 0 heterocycles. The van der Waals surface area contributed by atoms with E-state index in [0.29, 0.717) is 6.42 Å². The van der Waals surface area contributed by atoms with Gasteiger partial charge in [-0.3, -0.25) is 4.79 Å². The van der Waals surface area contributed by atoms with Crippen molar-refractivity contribution in [3.05, 3.63) is 0 Å². The van der Waals surface area contributed by atoms with Crippen LogP contribution in [0.4, 0.5) is 0 Å². The van der Waals surface area contributed by atoms with Crippen molar-refractivity contribution < 1.29 is 9.53 Å². The Bertz CT molecular complexity index is 178. The molecule has 96 valence electrons. The SMILES string of the molecule is CCC(=O)O[C@@H](C)CCCCC[C@H](C)CC. The summed E-state index contributed by atoms with van der Waals surface area (Å²) in [5.74, 6) is 0.780. The quantitative estimate of drug-likeness (QED) is 0.434. The number of carbonyl (C=O) groups is 1. The van der Waals surface area contributed by atoms with Crippen molar-refractivity contribution in [1.29, 1.82) is 0 Å². The van der Waals surface area contributed by atoms with Gasteiger partial charge >= 0.3 is 5.97 Å². The second kappa shape index (κ2) is 9.68. The van der Waals surface area contributed by atoms with Gasteiger partial charge < -0.3 is 4.74 Å². The molecular weight excluding hydrogens is 200 g/mol. The van der Waals surface area contributed by atoms with Gasteiger partial charge in [0.05, 0.1) is 6.10 Å². The molecule has 0 aliphatic carbocycles. The Kier molecular flexibility index (Phi) is 9.36. The Labute approximate surface area is 101 Å². The van der Waals surface area contributed by atoms with E-state index in [2.05, 4.69) is 13.8 Å². The molecule has 0 aliphatic heterocycles. The molecule has 0 unspecified atom stereocenters. The monoisotopic (exact) mass is 228 g/mol. The van der Waals surface area contributed by atoms with Crippen molar-refractivity contribution in [2.75, 3.05) is 0 Å². The third kappa shape index (κ3) is 8.75. The molecule has 0 radical (unpaired) electrons. The zero-order valence-corrected chi connectivity index (χ0v) is 11.4. The first-order chi connectivity index (χ1) is 7.60. The molecule has 0 N–H and O–H groups in total. The summed E-state index contributed by atoms with van der Waals surface area (Å²) in [6.07, 6.45) is 7.95. The van der Waals surface area contributed by atoms with Crippen molar-refractivity contribution in [2.24, 2.45) is 5.92 Å². The molecule has 0 amide bonds. The summed E-state index contributed by atoms with van der Waals surface area (Å²) in [5, 5.41) is 0. The predicted octanol–water partition coefficient (Wildman–Crippen LogP) is 4.32. The minimum Gasteiger partial charge on any atom is -0.463 e. The zero-order valence-electron chi connectivity index (χ0n) is 11.4. The lowest BCUT2D eigenvalue weighted by Crippen LogP contribution is -2.13. The Morgan fingerprint density at radius 1 is 1.06 bits per heavy atom. The van der Waals surface area contributed by atoms with Gasteiger partial charge in [-0.2, -0.15) is 0 Å². The van der Waals surface area contributed by atoms with Gasteiger partial charge in [-0.25, -0.2) is 0 Å². The van der Waals surface area contributed by atoms with E-state index in [1.807, 2.05) is 13.8 Å². The fourth-order valence-electron chi connectivity index (χ4n) is 1.67. The Morgan fingerprint density at radius 3 is 2.25 bits per heavy atom. The summed E-state index contributed by atoms with van der Waals surface area (Å²) >= 11 is 0. The van der Waals surface area contributed by atoms with Crippen LogP contribution in [0.2, 0.25) is 0 Å². The van der Waals surface area contributed by atoms with Gasteiger partial charge in [-0.15, -0.1) is 0 Å². The van der Waals surface area contributed by atoms with Crippen LogP contribution in [0.1, 0.15) is 72.6 Å². The van der Waals surface area contributed by atoms with Crippen molar-refractivity contribution in [2.45, 2.75) is 78.7 Å². The van der Waals surface area contributed by atoms with E-state index >= 15 is 0 Å². The van der Waals surface area contributed by atoms with E-state index in [1.54, 1.807) is 0 Å². The van der Waals surface area contributed by atoms with Gasteiger partial charge in [-0.1, -0.05) is 46.5 Å². The van der Waals surface area contributed by atoms with Crippen LogP contribution in [0.15, 0.2) is 0 Å². The third-order valence-corrected chi connectivity index (χ3v) is 3.13. The summed E-state index contributed by atoms with van der Waals surface area (Å²) in [6.45, 7) is 8.38. The standard InChI is InChI=1S/C14H28O2/c1-5-12(3)10-8-7-9-11-13(4)16-14(15)6-2/h12-13H,5-11H2,1-4H3/t12-,13+/m1/s1. The van der Waals surface area contributed by atoms with Gasteiger partial charge in [0.15, 0.2) is 0 Å². The number of rotatable bonds is 9. The first-order valence-electron chi connectivity index (χ1n) is 6.79. The summed E-state index contributed by atoms with van der Waals surface area (Å²) in [7, 11) is 0. The smallest absolute Gasteiger partial charge is 0.305 e. The molecule has 0 spiro atoms. The van der Waals surface area contributed by atoms with Crippen LogP contribution in [0, 0.1) is 5.92 Å². The molecule has 0 aliphatic rings. The molecule has 0 rings (SSSR count). The summed E-state index contributed by atoms with van der Waals surface area (Å²) in [5.41, 5.74) is 0. The normalized spacial score (nSPS) is 14.5. The average Bonchev–Trinajstić information content (AvgIpc) is 2.27. The molecule has 0 aromatic carbocycles. The van der Waals surface area contributed by atoms with Gasteiger partial charge in [0, 0.05) is 6.42 Å². The minimum atomic E-state index is -0.0768. The predicted molar refractivity (Wildman–Crippen MR) is 68.4 cm³/mol. The van der Waals surface area contributed by atoms with Crippen LogP contribution in [0.5, 0.6) is 0 Å². The van der Waals surface area contributed by atoms with Crippen molar-refractivity contribution in [1.82, 2.24) is 0 Å². The van der Waals surface area contributed by atoms with Crippen molar-refractivity contribution in [3.8, 4) is 0 Å². The van der Waals surface area contributed by atoms with E-state index < -0.39 is 0 Å². The molecule has 0 bridgehead atoms. The highest BCUT2D eigenvalue weighted by molar-refractivity contribution is 5.69. The second-order valence-corrected chi connectivity index (χ2v) is 4.81. The average molecular weight is 228 g/mol. The maximum atomic E-state index is 11.0. The number of carbonyl (C=O) groups excluding carboxylic acids is 1. The number of hydrogen-bond acceptors (Lipinski definition) is 2. The second-order valence-electron chi connectivity index (χ2n) is 4.81. The van der Waals surface area contributed by atoms with Crippen molar-refractivity contribution in [3.63, 3.8) is 0 Å². The fraction of sp³-hybridized carbons (Fsp3) is 0.929. The number of unbranched alkanes of at least 4 members (excludes halogenated alkanes) is 2. The van der Waals surface area contributed by atoms with Gasteiger partial charge in [0.2, 0.25) is 0 Å². The number of esters is 1. The van der Waals surface area contributed by atoms with E-state index in [-0.39, 0.29) is 12.1 Å². The van der Waals surface area contributed by atoms with Crippen LogP contribution in [-0.4, -0.2) is 12.1 Å². The lowest BCUT2D eigenvalue weighted by Gasteiger charge is -2.12. The molecule has 0 saturated heterocycles. The van der Waals surface area contributed by atoms with Crippen LogP contribution >= 0.6 is 0 Å². The molecule has 2 atom stereocenters. The number of hydrogen-bond donors (Lipinski definition) is 0. The van der Waals surface area contributed by atoms with Gasteiger partial charge in [-0.05, 0) is 25.7 Å². The summed E-state index contributed by atoms with van der Waals surface area (Å²) in [4.78, 5) is 11.0. The van der Waals surface area contributed by atoms with E-state index in [9.17, 15) is 4.79 Å². The van der Waals surface area contributed by atoms with Gasteiger partial charge in [0.25, 0.3) is 0 Å². The topological polar surface area (TPSA) is 26.3 Å². The largest absolute Gasteiger partial charge is 0.463 e. The maximum absolute atomic E-state index is 11.0. The number of ether oxygens (including phenoxy) is 1. The van der Waals surface area contributed by atoms with E-state index in [4.69, 9.17) is 4.74 Å². The molecule has 0 aromatic rings. The van der Waals surface area contributed by atoms with E-state index in [1.165, 1.54) is 32.1 Å². The molecule has 16 heavy (non-hydrogen) atoms. The molecule has 0 fully saturated rings. The van der Waals surface area contributed by atoms with Crippen LogP contribution in [0.3, 0.4) is 0 Å². The minimum absolute atomic E-state index is 0.0768. The highest BCUT2D eigenvalue weighted by atomic mass is 16.5. The van der Waals surface area contributed by atoms with Crippen molar-refractivity contribution >= 4 is 5.97 Å². The highest BCUT2D eigenvalue weighted by Gasteiger charge is 2.07. The highest BCUT2D eigenvalue weighted by Crippen LogP contribution is 2.14. The lowest BCUT2D eigenvalue weighted by atomic mass is 10.00. The fourth-order valence-corrected chi connectivity index (χ4v) is 1.67. The Hall–Kier alpha value is -0.530. The van der Waals surface area contributed by atoms with Crippen LogP contribution in [-0.2, 0) is 9.53 Å². The lowest BCUT2D eigenvalue weighted by molar-refractivity contribution is -0.148. The van der Waals surface area contributed by atoms with E-state index in [0.717, 1.165) is 12.3 Å². The molecule has 2 heteroatoms. The first kappa shape index (κ1) is 15.5. The maximum Gasteiger partial charge on any atom is 0.305 e. The van der Waals surface area contributed by atoms with Crippen LogP contribution < -0.4 is 0 Å². The summed E-state index contributed by atoms with van der Waals surface area (Å²) < 4.78 is 5.21. The summed E-state index contributed by atoms with van der Waals surface area (Å²) in [6, 6.07) is 0. The van der Waals surface area contributed by atoms with Crippen LogP contribution in [0.25, 0.3) is 0 Å². The molecular formula is C14H28O2.